The lowest BCUT2D eigenvalue weighted by Crippen LogP contribution is -2.50. The third-order valence-corrected chi connectivity index (χ3v) is 8.54. The first-order valence-electron chi connectivity index (χ1n) is 11.9. The van der Waals surface area contributed by atoms with Crippen LogP contribution in [0.15, 0.2) is 23.1 Å². The van der Waals surface area contributed by atoms with E-state index >= 15 is 0 Å². The third-order valence-electron chi connectivity index (χ3n) is 6.52. The molecule has 3 atom stereocenters. The van der Waals surface area contributed by atoms with Crippen molar-refractivity contribution in [3.05, 3.63) is 23.8 Å². The number of aliphatic hydroxyl groups is 1. The van der Waals surface area contributed by atoms with E-state index in [1.54, 1.807) is 32.2 Å². The van der Waals surface area contributed by atoms with Gasteiger partial charge in [-0.3, -0.25) is 0 Å². The van der Waals surface area contributed by atoms with Gasteiger partial charge in [0.1, 0.15) is 23.4 Å². The van der Waals surface area contributed by atoms with Crippen LogP contribution in [-0.2, 0) is 19.5 Å². The molecule has 0 spiro atoms. The Morgan fingerprint density at radius 2 is 2.03 bits per heavy atom. The first kappa shape index (κ1) is 26.9. The Hall–Kier alpha value is -1.67. The van der Waals surface area contributed by atoms with Gasteiger partial charge in [-0.15, -0.1) is 0 Å². The number of rotatable bonds is 7. The average Bonchev–Trinajstić information content (AvgIpc) is 2.81. The molecule has 1 N–H and O–H groups in total. The van der Waals surface area contributed by atoms with E-state index in [1.807, 2.05) is 6.92 Å². The molecule has 0 aliphatic carbocycles. The summed E-state index contributed by atoms with van der Waals surface area (Å²) < 4.78 is 45.4. The molecule has 1 aromatic carbocycles. The smallest absolute Gasteiger partial charge is 0.247 e. The first-order valence-corrected chi connectivity index (χ1v) is 13.4. The fourth-order valence-corrected chi connectivity index (χ4v) is 6.31. The maximum absolute atomic E-state index is 13.5. The molecule has 2 aliphatic rings. The van der Waals surface area contributed by atoms with E-state index in [1.165, 1.54) is 4.31 Å². The highest BCUT2D eigenvalue weighted by Crippen LogP contribution is 2.34. The lowest BCUT2D eigenvalue weighted by molar-refractivity contribution is 0.0402. The number of methoxy groups -OCH3 is 1. The van der Waals surface area contributed by atoms with Crippen LogP contribution in [0.25, 0.3) is 0 Å². The Morgan fingerprint density at radius 1 is 1.29 bits per heavy atom. The predicted octanol–water partition coefficient (Wildman–Crippen LogP) is 1.81. The number of benzene rings is 1. The Labute approximate surface area is 204 Å². The van der Waals surface area contributed by atoms with Crippen LogP contribution < -0.4 is 4.74 Å². The summed E-state index contributed by atoms with van der Waals surface area (Å²) in [5.74, 6) is 6.70. The number of hydrogen-bond donors (Lipinski definition) is 1. The second-order valence-corrected chi connectivity index (χ2v) is 11.3. The molecule has 8 nitrogen and oxygen atoms in total. The van der Waals surface area contributed by atoms with Crippen molar-refractivity contribution < 1.29 is 27.7 Å². The Kier molecular flexibility index (Phi) is 9.77. The fourth-order valence-electron chi connectivity index (χ4n) is 4.48. The number of likely N-dealkylation sites (N-methyl/N-ethyl adjacent to an activating group) is 1. The highest BCUT2D eigenvalue weighted by Gasteiger charge is 2.38. The molecule has 0 bridgehead atoms. The summed E-state index contributed by atoms with van der Waals surface area (Å²) in [6.45, 7) is 7.26. The minimum atomic E-state index is -3.86. The molecule has 3 rings (SSSR count). The van der Waals surface area contributed by atoms with Gasteiger partial charge in [-0.25, -0.2) is 8.42 Å². The minimum absolute atomic E-state index is 0.0858. The quantitative estimate of drug-likeness (QED) is 0.579. The van der Waals surface area contributed by atoms with E-state index in [2.05, 4.69) is 23.8 Å². The number of hydrogen-bond acceptors (Lipinski definition) is 7. The zero-order valence-corrected chi connectivity index (χ0v) is 21.5. The standard InChI is InChI=1S/C25H38N2O6S/c1-19-15-27(20(2)18-28)34(29,30)25-8-7-21(6-5-11-31-4)14-23(25)33-24(19)17-26(3)16-22-9-12-32-13-10-22/h7-8,14,19-20,22,24,28H,9-13,15-18H2,1-4H3/t19-,20+,24+/m0/s1. The number of ether oxygens (including phenoxy) is 3. The van der Waals surface area contributed by atoms with E-state index < -0.39 is 16.1 Å². The number of fused-ring (bicyclic) bond motifs is 1. The molecule has 2 aliphatic heterocycles. The normalized spacial score (nSPS) is 24.3. The van der Waals surface area contributed by atoms with E-state index in [-0.39, 0.29) is 36.7 Å². The zero-order valence-electron chi connectivity index (χ0n) is 20.7. The van der Waals surface area contributed by atoms with Gasteiger partial charge in [0.2, 0.25) is 10.0 Å². The van der Waals surface area contributed by atoms with Crippen molar-refractivity contribution in [2.75, 3.05) is 60.2 Å². The molecule has 34 heavy (non-hydrogen) atoms. The summed E-state index contributed by atoms with van der Waals surface area (Å²) in [6.07, 6.45) is 1.88. The first-order chi connectivity index (χ1) is 16.3. The number of nitrogens with zero attached hydrogens (tertiary/aromatic N) is 2. The van der Waals surface area contributed by atoms with Gasteiger partial charge >= 0.3 is 0 Å². The molecule has 0 unspecified atom stereocenters. The topological polar surface area (TPSA) is 88.5 Å². The summed E-state index contributed by atoms with van der Waals surface area (Å²) >= 11 is 0. The van der Waals surface area contributed by atoms with Crippen LogP contribution in [0.3, 0.4) is 0 Å². The largest absolute Gasteiger partial charge is 0.487 e. The summed E-state index contributed by atoms with van der Waals surface area (Å²) in [5, 5.41) is 9.79. The summed E-state index contributed by atoms with van der Waals surface area (Å²) in [4.78, 5) is 2.38. The van der Waals surface area contributed by atoms with E-state index in [0.29, 0.717) is 23.8 Å². The van der Waals surface area contributed by atoms with Gasteiger partial charge in [0, 0.05) is 57.5 Å². The summed E-state index contributed by atoms with van der Waals surface area (Å²) in [7, 11) is -0.195. The maximum Gasteiger partial charge on any atom is 0.247 e. The van der Waals surface area contributed by atoms with Crippen molar-refractivity contribution >= 4 is 10.0 Å². The number of sulfonamides is 1. The van der Waals surface area contributed by atoms with Gasteiger partial charge in [0.15, 0.2) is 0 Å². The molecule has 0 saturated carbocycles. The molecule has 1 aromatic rings. The van der Waals surface area contributed by atoms with Gasteiger partial charge in [0.25, 0.3) is 0 Å². The summed E-state index contributed by atoms with van der Waals surface area (Å²) in [6, 6.07) is 4.39. The van der Waals surface area contributed by atoms with Crippen molar-refractivity contribution in [3.63, 3.8) is 0 Å². The van der Waals surface area contributed by atoms with Crippen molar-refractivity contribution in [1.29, 1.82) is 0 Å². The monoisotopic (exact) mass is 494 g/mol. The van der Waals surface area contributed by atoms with Crippen LogP contribution in [-0.4, -0.2) is 95.1 Å². The van der Waals surface area contributed by atoms with Gasteiger partial charge in [-0.1, -0.05) is 18.8 Å². The van der Waals surface area contributed by atoms with Crippen LogP contribution in [0.1, 0.15) is 32.3 Å². The molecule has 1 fully saturated rings. The van der Waals surface area contributed by atoms with Crippen LogP contribution in [0.2, 0.25) is 0 Å². The lowest BCUT2D eigenvalue weighted by Gasteiger charge is -2.38. The van der Waals surface area contributed by atoms with Crippen LogP contribution in [0.4, 0.5) is 0 Å². The average molecular weight is 495 g/mol. The van der Waals surface area contributed by atoms with Crippen molar-refractivity contribution in [2.24, 2.45) is 11.8 Å². The Bertz CT molecular complexity index is 967. The zero-order chi connectivity index (χ0) is 24.7. The third kappa shape index (κ3) is 6.72. The van der Waals surface area contributed by atoms with Gasteiger partial charge in [-0.2, -0.15) is 4.31 Å². The SMILES string of the molecule is COCC#Cc1ccc2c(c1)O[C@H](CN(C)CC1CCOCC1)[C@@H](C)CN([C@H](C)CO)S2(=O)=O. The van der Waals surface area contributed by atoms with Gasteiger partial charge < -0.3 is 24.2 Å². The maximum atomic E-state index is 13.5. The van der Waals surface area contributed by atoms with Gasteiger partial charge in [0.05, 0.1) is 6.61 Å². The van der Waals surface area contributed by atoms with E-state index in [4.69, 9.17) is 14.2 Å². The lowest BCUT2D eigenvalue weighted by atomic mass is 9.98. The van der Waals surface area contributed by atoms with Crippen molar-refractivity contribution in [3.8, 4) is 17.6 Å². The molecule has 0 amide bonds. The summed E-state index contributed by atoms with van der Waals surface area (Å²) in [5.41, 5.74) is 0.662. The highest BCUT2D eigenvalue weighted by molar-refractivity contribution is 7.89. The Morgan fingerprint density at radius 3 is 2.71 bits per heavy atom. The van der Waals surface area contributed by atoms with Crippen molar-refractivity contribution in [1.82, 2.24) is 9.21 Å². The van der Waals surface area contributed by atoms with Gasteiger partial charge in [-0.05, 0) is 50.9 Å². The van der Waals surface area contributed by atoms with Crippen LogP contribution >= 0.6 is 0 Å². The number of aliphatic hydroxyl groups excluding tert-OH is 1. The molecule has 0 aromatic heterocycles. The highest BCUT2D eigenvalue weighted by atomic mass is 32.2. The van der Waals surface area contributed by atoms with Crippen molar-refractivity contribution in [2.45, 2.75) is 43.7 Å². The molecule has 190 valence electrons. The second kappa shape index (κ2) is 12.3. The second-order valence-electron chi connectivity index (χ2n) is 9.41. The molecule has 9 heteroatoms. The molecular formula is C25H38N2O6S. The van der Waals surface area contributed by atoms with E-state index in [9.17, 15) is 13.5 Å². The Balaban J connectivity index is 1.92. The fraction of sp³-hybridized carbons (Fsp3) is 0.680. The van der Waals surface area contributed by atoms with Crippen LogP contribution in [0.5, 0.6) is 5.75 Å². The predicted molar refractivity (Wildman–Crippen MR) is 130 cm³/mol. The molecular weight excluding hydrogens is 456 g/mol. The minimum Gasteiger partial charge on any atom is -0.487 e. The molecule has 1 saturated heterocycles. The molecule has 2 heterocycles. The van der Waals surface area contributed by atoms with Crippen LogP contribution in [0, 0.1) is 23.7 Å². The van der Waals surface area contributed by atoms with E-state index in [0.717, 1.165) is 32.6 Å². The molecule has 0 radical (unpaired) electrons.